The zero-order chi connectivity index (χ0) is 19.1. The molecule has 27 heavy (non-hydrogen) atoms. The monoisotopic (exact) mass is 389 g/mol. The third-order valence-electron chi connectivity index (χ3n) is 4.22. The molecule has 0 amide bonds. The van der Waals surface area contributed by atoms with Gasteiger partial charge in [0, 0.05) is 18.0 Å². The summed E-state index contributed by atoms with van der Waals surface area (Å²) in [6, 6.07) is 25.9. The van der Waals surface area contributed by atoms with Crippen molar-refractivity contribution in [3.63, 3.8) is 0 Å². The quantitative estimate of drug-likeness (QED) is 0.349. The topological polar surface area (TPSA) is 3.24 Å². The fourth-order valence-electron chi connectivity index (χ4n) is 2.95. The van der Waals surface area contributed by atoms with Gasteiger partial charge in [-0.15, -0.1) is 16.9 Å². The van der Waals surface area contributed by atoms with Crippen molar-refractivity contribution in [1.29, 1.82) is 0 Å². The lowest BCUT2D eigenvalue weighted by Crippen LogP contribution is -2.28. The molecule has 2 aromatic carbocycles. The van der Waals surface area contributed by atoms with E-state index >= 15 is 0 Å². The van der Waals surface area contributed by atoms with Gasteiger partial charge < -0.3 is 0 Å². The van der Waals surface area contributed by atoms with Crippen LogP contribution in [0, 0.1) is 11.5 Å². The molecule has 1 unspecified atom stereocenters. The second-order valence-electron chi connectivity index (χ2n) is 7.81. The second-order valence-corrected chi connectivity index (χ2v) is 13.5. The second kappa shape index (κ2) is 9.19. The molecule has 0 fully saturated rings. The van der Waals surface area contributed by atoms with Gasteiger partial charge in [0.15, 0.2) is 0 Å². The molecule has 0 aliphatic heterocycles. The zero-order valence-corrected chi connectivity index (χ0v) is 18.2. The van der Waals surface area contributed by atoms with E-state index in [1.165, 1.54) is 16.0 Å². The van der Waals surface area contributed by atoms with E-state index in [0.717, 1.165) is 13.1 Å². The molecule has 0 N–H and O–H groups in total. The average Bonchev–Trinajstić information content (AvgIpc) is 3.17. The van der Waals surface area contributed by atoms with Gasteiger partial charge in [0.25, 0.3) is 0 Å². The number of thiophene rings is 1. The average molecular weight is 390 g/mol. The Labute approximate surface area is 168 Å². The number of benzene rings is 2. The van der Waals surface area contributed by atoms with Crippen molar-refractivity contribution in [3.8, 4) is 11.5 Å². The zero-order valence-electron chi connectivity index (χ0n) is 16.4. The predicted molar refractivity (Wildman–Crippen MR) is 120 cm³/mol. The van der Waals surface area contributed by atoms with Gasteiger partial charge in [-0.1, -0.05) is 92.3 Å². The Kier molecular flexibility index (Phi) is 6.68. The summed E-state index contributed by atoms with van der Waals surface area (Å²) in [5, 5.41) is 2.15. The number of rotatable bonds is 6. The fourth-order valence-corrected chi connectivity index (χ4v) is 4.33. The molecule has 1 atom stereocenters. The van der Waals surface area contributed by atoms with Gasteiger partial charge in [-0.2, -0.15) is 0 Å². The van der Waals surface area contributed by atoms with Crippen molar-refractivity contribution in [2.75, 3.05) is 0 Å². The minimum atomic E-state index is -1.45. The van der Waals surface area contributed by atoms with Crippen LogP contribution in [-0.4, -0.2) is 13.0 Å². The first kappa shape index (κ1) is 19.6. The highest BCUT2D eigenvalue weighted by Crippen LogP contribution is 2.28. The molecule has 1 nitrogen and oxygen atoms in total. The molecule has 3 aromatic rings. The maximum Gasteiger partial charge on any atom is 0.129 e. The Hall–Kier alpha value is -2.12. The lowest BCUT2D eigenvalue weighted by molar-refractivity contribution is 0.221. The van der Waals surface area contributed by atoms with Crippen LogP contribution in [0.4, 0.5) is 0 Å². The Bertz CT molecular complexity index is 829. The van der Waals surface area contributed by atoms with Crippen molar-refractivity contribution < 1.29 is 0 Å². The SMILES string of the molecule is C[Si](C)(C)C#CC(c1cccs1)N(Cc1ccccc1)Cc1ccccc1. The molecular weight excluding hydrogens is 362 g/mol. The first-order valence-electron chi connectivity index (χ1n) is 9.39. The lowest BCUT2D eigenvalue weighted by atomic mass is 10.1. The summed E-state index contributed by atoms with van der Waals surface area (Å²) in [6.07, 6.45) is 0. The van der Waals surface area contributed by atoms with E-state index in [1.807, 2.05) is 0 Å². The highest BCUT2D eigenvalue weighted by molar-refractivity contribution is 7.10. The van der Waals surface area contributed by atoms with E-state index in [1.54, 1.807) is 11.3 Å². The third-order valence-corrected chi connectivity index (χ3v) is 6.04. The van der Waals surface area contributed by atoms with Gasteiger partial charge in [0.05, 0.1) is 0 Å². The number of hydrogen-bond acceptors (Lipinski definition) is 2. The van der Waals surface area contributed by atoms with E-state index in [0.29, 0.717) is 0 Å². The van der Waals surface area contributed by atoms with E-state index in [-0.39, 0.29) is 6.04 Å². The number of hydrogen-bond donors (Lipinski definition) is 0. The van der Waals surface area contributed by atoms with Crippen LogP contribution >= 0.6 is 11.3 Å². The van der Waals surface area contributed by atoms with E-state index < -0.39 is 8.07 Å². The molecule has 0 spiro atoms. The van der Waals surface area contributed by atoms with E-state index in [4.69, 9.17) is 0 Å². The molecule has 3 heteroatoms. The Balaban J connectivity index is 1.96. The molecule has 0 radical (unpaired) electrons. The van der Waals surface area contributed by atoms with Gasteiger partial charge in [-0.05, 0) is 22.6 Å². The summed E-state index contributed by atoms with van der Waals surface area (Å²) in [4.78, 5) is 3.83. The summed E-state index contributed by atoms with van der Waals surface area (Å²) in [5.41, 5.74) is 6.26. The molecular formula is C24H27NSSi. The maximum absolute atomic E-state index is 3.65. The highest BCUT2D eigenvalue weighted by atomic mass is 32.1. The van der Waals surface area contributed by atoms with Crippen LogP contribution in [0.3, 0.4) is 0 Å². The smallest absolute Gasteiger partial charge is 0.129 e. The van der Waals surface area contributed by atoms with Gasteiger partial charge in [-0.3, -0.25) is 4.90 Å². The minimum Gasteiger partial charge on any atom is -0.277 e. The van der Waals surface area contributed by atoms with Crippen LogP contribution < -0.4 is 0 Å². The summed E-state index contributed by atoms with van der Waals surface area (Å²) in [7, 11) is -1.45. The third kappa shape index (κ3) is 6.22. The summed E-state index contributed by atoms with van der Waals surface area (Å²) >= 11 is 1.80. The van der Waals surface area contributed by atoms with E-state index in [2.05, 4.69) is 114 Å². The van der Waals surface area contributed by atoms with Crippen LogP contribution in [0.15, 0.2) is 78.2 Å². The van der Waals surface area contributed by atoms with Crippen LogP contribution in [-0.2, 0) is 13.1 Å². The summed E-state index contributed by atoms with van der Waals surface area (Å²) in [5.74, 6) is 3.65. The van der Waals surface area contributed by atoms with Gasteiger partial charge in [0.1, 0.15) is 14.1 Å². The Morgan fingerprint density at radius 1 is 0.815 bits per heavy atom. The van der Waals surface area contributed by atoms with Gasteiger partial charge >= 0.3 is 0 Å². The van der Waals surface area contributed by atoms with Crippen LogP contribution in [0.5, 0.6) is 0 Å². The molecule has 1 heterocycles. The summed E-state index contributed by atoms with van der Waals surface area (Å²) < 4.78 is 0. The highest BCUT2D eigenvalue weighted by Gasteiger charge is 2.21. The molecule has 138 valence electrons. The Morgan fingerprint density at radius 3 is 1.81 bits per heavy atom. The Morgan fingerprint density at radius 2 is 1.37 bits per heavy atom. The maximum atomic E-state index is 3.65. The molecule has 0 saturated heterocycles. The standard InChI is InChI=1S/C24H27NSSi/c1-27(2,3)18-16-23(24-15-10-17-26-24)25(19-21-11-6-4-7-12-21)20-22-13-8-5-9-14-22/h4-15,17,23H,19-20H2,1-3H3. The molecule has 3 rings (SSSR count). The number of nitrogens with zero attached hydrogens (tertiary/aromatic N) is 1. The minimum absolute atomic E-state index is 0.122. The van der Waals surface area contributed by atoms with Gasteiger partial charge in [-0.25, -0.2) is 0 Å². The van der Waals surface area contributed by atoms with Crippen molar-refractivity contribution in [1.82, 2.24) is 4.90 Å². The fraction of sp³-hybridized carbons (Fsp3) is 0.250. The van der Waals surface area contributed by atoms with Crippen molar-refractivity contribution in [2.24, 2.45) is 0 Å². The van der Waals surface area contributed by atoms with Crippen LogP contribution in [0.25, 0.3) is 0 Å². The largest absolute Gasteiger partial charge is 0.277 e. The molecule has 0 aliphatic carbocycles. The van der Waals surface area contributed by atoms with Gasteiger partial charge in [0.2, 0.25) is 0 Å². The van der Waals surface area contributed by atoms with Crippen LogP contribution in [0.1, 0.15) is 22.0 Å². The normalized spacial score (nSPS) is 12.4. The molecule has 1 aromatic heterocycles. The van der Waals surface area contributed by atoms with E-state index in [9.17, 15) is 0 Å². The molecule has 0 saturated carbocycles. The molecule has 0 bridgehead atoms. The van der Waals surface area contributed by atoms with Crippen molar-refractivity contribution in [2.45, 2.75) is 38.8 Å². The summed E-state index contributed by atoms with van der Waals surface area (Å²) in [6.45, 7) is 8.70. The van der Waals surface area contributed by atoms with Crippen molar-refractivity contribution in [3.05, 3.63) is 94.2 Å². The molecule has 0 aliphatic rings. The first-order chi connectivity index (χ1) is 13.0. The predicted octanol–water partition coefficient (Wildman–Crippen LogP) is 6.37. The lowest BCUT2D eigenvalue weighted by Gasteiger charge is -2.28. The van der Waals surface area contributed by atoms with Crippen molar-refractivity contribution >= 4 is 19.4 Å². The van der Waals surface area contributed by atoms with Crippen LogP contribution in [0.2, 0.25) is 19.6 Å². The first-order valence-corrected chi connectivity index (χ1v) is 13.8.